The normalized spacial score (nSPS) is 10.0. The van der Waals surface area contributed by atoms with Crippen LogP contribution in [0.15, 0.2) is 53.4 Å². The molecule has 1 aromatic carbocycles. The summed E-state index contributed by atoms with van der Waals surface area (Å²) in [5.74, 6) is 0. The summed E-state index contributed by atoms with van der Waals surface area (Å²) in [5, 5.41) is 20.2. The second-order valence-electron chi connectivity index (χ2n) is 4.81. The highest BCUT2D eigenvalue weighted by Crippen LogP contribution is 2.25. The molecular formula is C18H15N3S. The Morgan fingerprint density at radius 2 is 1.77 bits per heavy atom. The average molecular weight is 305 g/mol. The molecule has 0 aliphatic heterocycles. The lowest BCUT2D eigenvalue weighted by Gasteiger charge is -2.11. The van der Waals surface area contributed by atoms with Gasteiger partial charge in [0.2, 0.25) is 0 Å². The van der Waals surface area contributed by atoms with Crippen molar-refractivity contribution in [3.63, 3.8) is 0 Å². The molecule has 0 saturated heterocycles. The highest BCUT2D eigenvalue weighted by Gasteiger charge is 2.07. The average Bonchev–Trinajstić information content (AvgIpc) is 3.06. The van der Waals surface area contributed by atoms with E-state index in [0.29, 0.717) is 5.57 Å². The Labute approximate surface area is 134 Å². The van der Waals surface area contributed by atoms with E-state index in [9.17, 15) is 0 Å². The molecule has 0 aliphatic rings. The summed E-state index contributed by atoms with van der Waals surface area (Å²) < 4.78 is 0. The van der Waals surface area contributed by atoms with E-state index in [-0.39, 0.29) is 5.57 Å². The molecule has 22 heavy (non-hydrogen) atoms. The van der Waals surface area contributed by atoms with Crippen LogP contribution in [0.4, 0.5) is 5.69 Å². The highest BCUT2D eigenvalue weighted by atomic mass is 32.1. The summed E-state index contributed by atoms with van der Waals surface area (Å²) in [7, 11) is 3.99. The third-order valence-corrected chi connectivity index (χ3v) is 4.03. The number of anilines is 1. The predicted octanol–water partition coefficient (Wildman–Crippen LogP) is 4.33. The Balaban J connectivity index is 2.34. The Hall–Kier alpha value is -2.82. The van der Waals surface area contributed by atoms with E-state index in [0.717, 1.165) is 16.1 Å². The van der Waals surface area contributed by atoms with Gasteiger partial charge in [-0.05, 0) is 29.1 Å². The fourth-order valence-corrected chi connectivity index (χ4v) is 2.69. The first kappa shape index (κ1) is 15.6. The maximum absolute atomic E-state index is 9.12. The van der Waals surface area contributed by atoms with E-state index in [4.69, 9.17) is 10.5 Å². The number of benzene rings is 1. The van der Waals surface area contributed by atoms with Gasteiger partial charge in [-0.25, -0.2) is 0 Å². The molecule has 0 atom stereocenters. The minimum absolute atomic E-state index is 0.128. The Kier molecular flexibility index (Phi) is 5.14. The van der Waals surface area contributed by atoms with E-state index in [1.54, 1.807) is 0 Å². The van der Waals surface area contributed by atoms with Crippen molar-refractivity contribution in [2.24, 2.45) is 0 Å². The Morgan fingerprint density at radius 3 is 2.27 bits per heavy atom. The number of hydrogen-bond acceptors (Lipinski definition) is 4. The monoisotopic (exact) mass is 305 g/mol. The Morgan fingerprint density at radius 1 is 1.09 bits per heavy atom. The molecule has 0 amide bonds. The van der Waals surface area contributed by atoms with Crippen molar-refractivity contribution in [2.45, 2.75) is 0 Å². The van der Waals surface area contributed by atoms with Gasteiger partial charge in [-0.1, -0.05) is 30.4 Å². The molecule has 108 valence electrons. The second-order valence-corrected chi connectivity index (χ2v) is 5.76. The first-order valence-corrected chi connectivity index (χ1v) is 7.57. The van der Waals surface area contributed by atoms with Gasteiger partial charge in [0, 0.05) is 30.2 Å². The summed E-state index contributed by atoms with van der Waals surface area (Å²) >= 11 is 1.51. The highest BCUT2D eigenvalue weighted by molar-refractivity contribution is 7.11. The molecule has 0 saturated carbocycles. The minimum Gasteiger partial charge on any atom is -0.378 e. The first-order valence-electron chi connectivity index (χ1n) is 6.69. The van der Waals surface area contributed by atoms with Gasteiger partial charge < -0.3 is 4.90 Å². The number of thiophene rings is 1. The number of nitrogens with zero attached hydrogens (tertiary/aromatic N) is 3. The van der Waals surface area contributed by atoms with Gasteiger partial charge in [-0.2, -0.15) is 10.5 Å². The summed E-state index contributed by atoms with van der Waals surface area (Å²) in [4.78, 5) is 2.95. The number of hydrogen-bond donors (Lipinski definition) is 0. The van der Waals surface area contributed by atoms with Crippen molar-refractivity contribution in [1.29, 1.82) is 10.5 Å². The van der Waals surface area contributed by atoms with Gasteiger partial charge in [0.1, 0.15) is 17.7 Å². The van der Waals surface area contributed by atoms with E-state index in [1.807, 2.05) is 85.1 Å². The molecule has 0 N–H and O–H groups in total. The fourth-order valence-electron chi connectivity index (χ4n) is 1.93. The van der Waals surface area contributed by atoms with Crippen molar-refractivity contribution in [1.82, 2.24) is 0 Å². The van der Waals surface area contributed by atoms with Crippen LogP contribution in [-0.4, -0.2) is 14.1 Å². The summed E-state index contributed by atoms with van der Waals surface area (Å²) in [6.07, 6.45) is 3.75. The molecule has 1 aromatic heterocycles. The van der Waals surface area contributed by atoms with E-state index in [2.05, 4.69) is 0 Å². The van der Waals surface area contributed by atoms with Gasteiger partial charge in [-0.15, -0.1) is 11.3 Å². The smallest absolute Gasteiger partial charge is 0.138 e. The van der Waals surface area contributed by atoms with Crippen LogP contribution in [0, 0.1) is 22.7 Å². The molecule has 0 unspecified atom stereocenters. The largest absolute Gasteiger partial charge is 0.378 e. The lowest BCUT2D eigenvalue weighted by molar-refractivity contribution is 1.13. The van der Waals surface area contributed by atoms with Gasteiger partial charge in [0.05, 0.1) is 0 Å². The molecule has 1 heterocycles. The molecule has 0 aliphatic carbocycles. The lowest BCUT2D eigenvalue weighted by Crippen LogP contribution is -2.07. The van der Waals surface area contributed by atoms with Crippen molar-refractivity contribution >= 4 is 28.7 Å². The second kappa shape index (κ2) is 7.26. The van der Waals surface area contributed by atoms with Crippen LogP contribution in [0.1, 0.15) is 10.4 Å². The molecule has 0 radical (unpaired) electrons. The zero-order valence-electron chi connectivity index (χ0n) is 12.4. The van der Waals surface area contributed by atoms with Crippen LogP contribution in [0.3, 0.4) is 0 Å². The fraction of sp³-hybridized carbons (Fsp3) is 0.111. The van der Waals surface area contributed by atoms with Gasteiger partial charge in [0.25, 0.3) is 0 Å². The summed E-state index contributed by atoms with van der Waals surface area (Å²) in [6.45, 7) is 0. The lowest BCUT2D eigenvalue weighted by atomic mass is 10.1. The number of nitriles is 2. The Bertz CT molecular complexity index is 751. The molecule has 0 bridgehead atoms. The quantitative estimate of drug-likeness (QED) is 0.624. The minimum atomic E-state index is 0.128. The van der Waals surface area contributed by atoms with Crippen LogP contribution in [0.25, 0.3) is 11.6 Å². The number of allylic oxidation sites excluding steroid dienone is 3. The van der Waals surface area contributed by atoms with E-state index < -0.39 is 0 Å². The summed E-state index contributed by atoms with van der Waals surface area (Å²) in [6, 6.07) is 15.8. The molecule has 0 fully saturated rings. The van der Waals surface area contributed by atoms with Gasteiger partial charge in [0.15, 0.2) is 0 Å². The van der Waals surface area contributed by atoms with Crippen molar-refractivity contribution in [2.75, 3.05) is 19.0 Å². The maximum atomic E-state index is 9.12. The molecule has 2 rings (SSSR count). The standard InChI is InChI=1S/C18H15N3S/c1-21(2)16-8-5-14(6-9-16)7-10-17(15(12-19)13-20)18-4-3-11-22-18/h3-11H,1-2H3/b10-7+. The third-order valence-electron chi connectivity index (χ3n) is 3.13. The first-order chi connectivity index (χ1) is 10.7. The predicted molar refractivity (Wildman–Crippen MR) is 92.3 cm³/mol. The van der Waals surface area contributed by atoms with Crippen LogP contribution in [0.2, 0.25) is 0 Å². The van der Waals surface area contributed by atoms with Crippen molar-refractivity contribution in [3.05, 3.63) is 63.9 Å². The molecule has 2 aromatic rings. The maximum Gasteiger partial charge on any atom is 0.138 e. The van der Waals surface area contributed by atoms with Crippen LogP contribution >= 0.6 is 11.3 Å². The third kappa shape index (κ3) is 3.63. The van der Waals surface area contributed by atoms with E-state index >= 15 is 0 Å². The zero-order chi connectivity index (χ0) is 15.9. The van der Waals surface area contributed by atoms with Gasteiger partial charge >= 0.3 is 0 Å². The van der Waals surface area contributed by atoms with Crippen molar-refractivity contribution in [3.8, 4) is 12.1 Å². The van der Waals surface area contributed by atoms with Crippen LogP contribution < -0.4 is 4.90 Å². The zero-order valence-corrected chi connectivity index (χ0v) is 13.3. The number of rotatable bonds is 4. The van der Waals surface area contributed by atoms with Crippen LogP contribution in [0.5, 0.6) is 0 Å². The molecule has 0 spiro atoms. The van der Waals surface area contributed by atoms with Crippen molar-refractivity contribution < 1.29 is 0 Å². The van der Waals surface area contributed by atoms with Crippen LogP contribution in [-0.2, 0) is 0 Å². The SMILES string of the molecule is CN(C)c1ccc(/C=C/C(=C(C#N)C#N)c2cccs2)cc1. The van der Waals surface area contributed by atoms with E-state index in [1.165, 1.54) is 11.3 Å². The molecular weight excluding hydrogens is 290 g/mol. The summed E-state index contributed by atoms with van der Waals surface area (Å²) in [5.41, 5.74) is 2.94. The molecule has 3 nitrogen and oxygen atoms in total. The van der Waals surface area contributed by atoms with Gasteiger partial charge in [-0.3, -0.25) is 0 Å². The molecule has 4 heteroatoms. The topological polar surface area (TPSA) is 50.8 Å².